The summed E-state index contributed by atoms with van der Waals surface area (Å²) in [4.78, 5) is 4.40. The lowest BCUT2D eigenvalue weighted by atomic mass is 10.1. The van der Waals surface area contributed by atoms with Crippen LogP contribution >= 0.6 is 0 Å². The molecule has 0 aromatic heterocycles. The van der Waals surface area contributed by atoms with Crippen LogP contribution in [-0.4, -0.2) is 104 Å². The Morgan fingerprint density at radius 3 is 1.24 bits per heavy atom. The van der Waals surface area contributed by atoms with Gasteiger partial charge in [-0.25, -0.2) is 0 Å². The van der Waals surface area contributed by atoms with Crippen LogP contribution in [0.25, 0.3) is 0 Å². The SMILES string of the molecule is CN(C)CCCc1ccc2c(c1)OCCOCCOc1ccc(CCCN(C)C)cc1OCCOCCO2. The Bertz CT molecular complexity index is 861. The summed E-state index contributed by atoms with van der Waals surface area (Å²) in [5, 5.41) is 0. The van der Waals surface area contributed by atoms with E-state index in [9.17, 15) is 0 Å². The number of aryl methyl sites for hydroxylation is 2. The first-order valence-corrected chi connectivity index (χ1v) is 13.7. The van der Waals surface area contributed by atoms with E-state index in [1.807, 2.05) is 12.1 Å². The molecule has 0 N–H and O–H groups in total. The van der Waals surface area contributed by atoms with Gasteiger partial charge in [-0.05, 0) is 102 Å². The van der Waals surface area contributed by atoms with Crippen molar-refractivity contribution in [3.63, 3.8) is 0 Å². The van der Waals surface area contributed by atoms with Gasteiger partial charge in [-0.3, -0.25) is 0 Å². The van der Waals surface area contributed by atoms with Gasteiger partial charge in [0, 0.05) is 0 Å². The average molecular weight is 531 g/mol. The van der Waals surface area contributed by atoms with Gasteiger partial charge in [-0.1, -0.05) is 12.1 Å². The molecule has 0 saturated heterocycles. The molecule has 0 saturated carbocycles. The molecule has 1 heterocycles. The van der Waals surface area contributed by atoms with Gasteiger partial charge >= 0.3 is 0 Å². The molecule has 0 amide bonds. The van der Waals surface area contributed by atoms with E-state index in [1.165, 1.54) is 11.1 Å². The summed E-state index contributed by atoms with van der Waals surface area (Å²) in [6.45, 7) is 5.69. The minimum Gasteiger partial charge on any atom is -0.487 e. The van der Waals surface area contributed by atoms with Gasteiger partial charge in [-0.2, -0.15) is 0 Å². The summed E-state index contributed by atoms with van der Waals surface area (Å²) in [6.07, 6.45) is 4.16. The molecule has 8 nitrogen and oxygen atoms in total. The van der Waals surface area contributed by atoms with Crippen molar-refractivity contribution in [1.29, 1.82) is 0 Å². The summed E-state index contributed by atoms with van der Waals surface area (Å²) in [5.74, 6) is 2.93. The van der Waals surface area contributed by atoms with Crippen molar-refractivity contribution in [2.75, 3.05) is 94.1 Å². The van der Waals surface area contributed by atoms with Gasteiger partial charge < -0.3 is 38.2 Å². The Hall–Kier alpha value is -2.52. The number of hydrogen-bond acceptors (Lipinski definition) is 8. The smallest absolute Gasteiger partial charge is 0.161 e. The zero-order valence-corrected chi connectivity index (χ0v) is 23.7. The number of benzene rings is 2. The molecule has 8 heteroatoms. The zero-order chi connectivity index (χ0) is 27.0. The third-order valence-corrected chi connectivity index (χ3v) is 6.10. The molecule has 1 aliphatic heterocycles. The summed E-state index contributed by atoms with van der Waals surface area (Å²) in [6, 6.07) is 12.4. The van der Waals surface area contributed by atoms with Gasteiger partial charge in [-0.15, -0.1) is 0 Å². The first kappa shape index (κ1) is 30.0. The van der Waals surface area contributed by atoms with Crippen LogP contribution in [0.3, 0.4) is 0 Å². The van der Waals surface area contributed by atoms with Crippen LogP contribution in [0.5, 0.6) is 23.0 Å². The highest BCUT2D eigenvalue weighted by Crippen LogP contribution is 2.30. The standard InChI is InChI=1S/C30H46N2O6/c1-31(2)13-5-7-25-9-11-27-29(23-25)37-21-17-33-16-20-36-28-12-10-26(8-6-14-32(3)4)24-30(28)38-22-18-34-15-19-35-27/h9-12,23-24H,5-8,13-22H2,1-4H3. The molecule has 0 unspecified atom stereocenters. The third-order valence-electron chi connectivity index (χ3n) is 6.10. The Morgan fingerprint density at radius 1 is 0.500 bits per heavy atom. The van der Waals surface area contributed by atoms with Crippen LogP contribution in [0.4, 0.5) is 0 Å². The van der Waals surface area contributed by atoms with E-state index < -0.39 is 0 Å². The molecule has 0 atom stereocenters. The van der Waals surface area contributed by atoms with Crippen molar-refractivity contribution in [2.45, 2.75) is 25.7 Å². The molecular formula is C30H46N2O6. The maximum Gasteiger partial charge on any atom is 0.161 e. The lowest BCUT2D eigenvalue weighted by Crippen LogP contribution is -2.16. The van der Waals surface area contributed by atoms with Crippen LogP contribution in [-0.2, 0) is 22.3 Å². The number of rotatable bonds is 8. The van der Waals surface area contributed by atoms with Gasteiger partial charge in [0.1, 0.15) is 26.4 Å². The van der Waals surface area contributed by atoms with Crippen molar-refractivity contribution in [1.82, 2.24) is 9.80 Å². The quantitative estimate of drug-likeness (QED) is 0.509. The average Bonchev–Trinajstić information content (AvgIpc) is 2.88. The van der Waals surface area contributed by atoms with Crippen LogP contribution in [0.15, 0.2) is 36.4 Å². The lowest BCUT2D eigenvalue weighted by molar-refractivity contribution is 0.0640. The Morgan fingerprint density at radius 2 is 0.868 bits per heavy atom. The normalized spacial score (nSPS) is 15.7. The zero-order valence-electron chi connectivity index (χ0n) is 23.7. The van der Waals surface area contributed by atoms with Crippen molar-refractivity contribution in [2.24, 2.45) is 0 Å². The highest BCUT2D eigenvalue weighted by atomic mass is 16.6. The van der Waals surface area contributed by atoms with E-state index >= 15 is 0 Å². The second-order valence-electron chi connectivity index (χ2n) is 9.99. The predicted molar refractivity (Wildman–Crippen MR) is 150 cm³/mol. The summed E-state index contributed by atoms with van der Waals surface area (Å²) >= 11 is 0. The number of fused-ring (bicyclic) bond motifs is 2. The first-order valence-electron chi connectivity index (χ1n) is 13.7. The summed E-state index contributed by atoms with van der Waals surface area (Å²) in [7, 11) is 8.38. The molecule has 3 rings (SSSR count). The van der Waals surface area contributed by atoms with Gasteiger partial charge in [0.15, 0.2) is 23.0 Å². The highest BCUT2D eigenvalue weighted by molar-refractivity contribution is 5.44. The maximum atomic E-state index is 6.05. The summed E-state index contributed by atoms with van der Waals surface area (Å²) in [5.41, 5.74) is 2.47. The molecule has 0 radical (unpaired) electrons. The largest absolute Gasteiger partial charge is 0.487 e. The fourth-order valence-corrected chi connectivity index (χ4v) is 4.13. The molecule has 0 bridgehead atoms. The van der Waals surface area contributed by atoms with Crippen molar-refractivity contribution < 1.29 is 28.4 Å². The van der Waals surface area contributed by atoms with Crippen LogP contribution in [0, 0.1) is 0 Å². The van der Waals surface area contributed by atoms with E-state index in [0.29, 0.717) is 52.9 Å². The van der Waals surface area contributed by atoms with Crippen molar-refractivity contribution >= 4 is 0 Å². The van der Waals surface area contributed by atoms with Crippen LogP contribution in [0.2, 0.25) is 0 Å². The van der Waals surface area contributed by atoms with Crippen molar-refractivity contribution in [3.8, 4) is 23.0 Å². The molecule has 1 aliphatic rings. The van der Waals surface area contributed by atoms with Gasteiger partial charge in [0.05, 0.1) is 26.4 Å². The Kier molecular flexibility index (Phi) is 13.5. The van der Waals surface area contributed by atoms with E-state index in [4.69, 9.17) is 28.4 Å². The molecule has 0 spiro atoms. The Labute approximate surface area is 228 Å². The fraction of sp³-hybridized carbons (Fsp3) is 0.600. The highest BCUT2D eigenvalue weighted by Gasteiger charge is 2.10. The van der Waals surface area contributed by atoms with E-state index in [1.54, 1.807) is 0 Å². The number of nitrogens with zero attached hydrogens (tertiary/aromatic N) is 2. The second kappa shape index (κ2) is 17.1. The Balaban J connectivity index is 1.56. The predicted octanol–water partition coefficient (Wildman–Crippen LogP) is 3.94. The minimum atomic E-state index is 0.433. The van der Waals surface area contributed by atoms with Gasteiger partial charge in [0.2, 0.25) is 0 Å². The van der Waals surface area contributed by atoms with Crippen LogP contribution < -0.4 is 18.9 Å². The summed E-state index contributed by atoms with van der Waals surface area (Å²) < 4.78 is 35.6. The van der Waals surface area contributed by atoms with E-state index in [-0.39, 0.29) is 0 Å². The molecule has 2 aromatic carbocycles. The van der Waals surface area contributed by atoms with Crippen LogP contribution in [0.1, 0.15) is 24.0 Å². The number of hydrogen-bond donors (Lipinski definition) is 0. The fourth-order valence-electron chi connectivity index (χ4n) is 4.13. The molecule has 38 heavy (non-hydrogen) atoms. The minimum absolute atomic E-state index is 0.433. The molecule has 0 aliphatic carbocycles. The molecule has 0 fully saturated rings. The monoisotopic (exact) mass is 530 g/mol. The first-order chi connectivity index (χ1) is 18.5. The lowest BCUT2D eigenvalue weighted by Gasteiger charge is -2.17. The molecule has 2 aromatic rings. The van der Waals surface area contributed by atoms with E-state index in [0.717, 1.165) is 61.8 Å². The second-order valence-corrected chi connectivity index (χ2v) is 9.99. The molecule has 212 valence electrons. The van der Waals surface area contributed by atoms with Gasteiger partial charge in [0.25, 0.3) is 0 Å². The molecular weight excluding hydrogens is 484 g/mol. The number of ether oxygens (including phenoxy) is 6. The maximum absolute atomic E-state index is 6.05. The van der Waals surface area contributed by atoms with Crippen molar-refractivity contribution in [3.05, 3.63) is 47.5 Å². The topological polar surface area (TPSA) is 61.9 Å². The third kappa shape index (κ3) is 11.5. The van der Waals surface area contributed by atoms with E-state index in [2.05, 4.69) is 62.3 Å².